The van der Waals surface area contributed by atoms with Crippen molar-refractivity contribution in [1.82, 2.24) is 9.80 Å². The van der Waals surface area contributed by atoms with Crippen molar-refractivity contribution in [3.63, 3.8) is 0 Å². The predicted octanol–water partition coefficient (Wildman–Crippen LogP) is 1.01. The van der Waals surface area contributed by atoms with Crippen molar-refractivity contribution < 1.29 is 13.2 Å². The summed E-state index contributed by atoms with van der Waals surface area (Å²) in [4.78, 5) is 16.2. The molecule has 0 radical (unpaired) electrons. The van der Waals surface area contributed by atoms with E-state index >= 15 is 0 Å². The maximum absolute atomic E-state index is 12.4. The molecule has 2 heterocycles. The molecule has 6 heteroatoms. The van der Waals surface area contributed by atoms with Gasteiger partial charge in [0.25, 0.3) is 0 Å². The number of likely N-dealkylation sites (tertiary alicyclic amines) is 1. The lowest BCUT2D eigenvalue weighted by molar-refractivity contribution is -0.134. The molecule has 0 N–H and O–H groups in total. The van der Waals surface area contributed by atoms with Gasteiger partial charge in [-0.2, -0.15) is 0 Å². The van der Waals surface area contributed by atoms with Crippen molar-refractivity contribution in [1.29, 1.82) is 0 Å². The van der Waals surface area contributed by atoms with E-state index in [0.29, 0.717) is 19.5 Å². The average molecular weight is 336 g/mol. The van der Waals surface area contributed by atoms with E-state index in [4.69, 9.17) is 0 Å². The molecule has 2 aliphatic rings. The summed E-state index contributed by atoms with van der Waals surface area (Å²) in [6.07, 6.45) is 0.458. The molecule has 0 unspecified atom stereocenters. The Morgan fingerprint density at radius 1 is 1.22 bits per heavy atom. The molecule has 126 valence electrons. The van der Waals surface area contributed by atoms with Gasteiger partial charge in [0, 0.05) is 45.6 Å². The van der Waals surface area contributed by atoms with Gasteiger partial charge in [-0.15, -0.1) is 0 Å². The lowest BCUT2D eigenvalue weighted by Gasteiger charge is -2.33. The van der Waals surface area contributed by atoms with Crippen molar-refractivity contribution in [3.05, 3.63) is 35.9 Å². The fourth-order valence-electron chi connectivity index (χ4n) is 3.91. The zero-order valence-electron chi connectivity index (χ0n) is 13.7. The largest absolute Gasteiger partial charge is 0.349 e. The fourth-order valence-corrected chi connectivity index (χ4v) is 6.04. The highest BCUT2D eigenvalue weighted by molar-refractivity contribution is 7.92. The molecule has 23 heavy (non-hydrogen) atoms. The normalized spacial score (nSPS) is 29.9. The standard InChI is InChI=1S/C17H24N2O3S/c1-18(2)17(20)14-8-9-23(21,22)16-12-19(11-15(14)16)10-13-6-4-3-5-7-13/h3-7,14-16H,8-12H2,1-2H3/t14-,15+,16+/m0/s1. The Balaban J connectivity index is 1.79. The summed E-state index contributed by atoms with van der Waals surface area (Å²) in [5.41, 5.74) is 1.18. The minimum atomic E-state index is -3.09. The van der Waals surface area contributed by atoms with Gasteiger partial charge in [0.15, 0.2) is 9.84 Å². The van der Waals surface area contributed by atoms with Gasteiger partial charge in [0.2, 0.25) is 5.91 Å². The lowest BCUT2D eigenvalue weighted by atomic mass is 9.87. The first-order valence-corrected chi connectivity index (χ1v) is 9.79. The number of nitrogens with zero attached hydrogens (tertiary/aromatic N) is 2. The van der Waals surface area contributed by atoms with Gasteiger partial charge in [0.05, 0.1) is 11.0 Å². The number of hydrogen-bond acceptors (Lipinski definition) is 4. The Labute approximate surface area is 138 Å². The number of rotatable bonds is 3. The number of sulfone groups is 1. The second kappa shape index (κ2) is 6.24. The van der Waals surface area contributed by atoms with Gasteiger partial charge in [0.1, 0.15) is 0 Å². The third kappa shape index (κ3) is 3.28. The van der Waals surface area contributed by atoms with Gasteiger partial charge in [-0.1, -0.05) is 30.3 Å². The lowest BCUT2D eigenvalue weighted by Crippen LogP contribution is -2.46. The minimum Gasteiger partial charge on any atom is -0.349 e. The molecule has 0 spiro atoms. The number of carbonyl (C=O) groups excluding carboxylic acids is 1. The molecule has 1 aromatic carbocycles. The van der Waals surface area contributed by atoms with Crippen LogP contribution in [0.4, 0.5) is 0 Å². The van der Waals surface area contributed by atoms with E-state index in [9.17, 15) is 13.2 Å². The molecule has 2 saturated heterocycles. The molecule has 3 rings (SSSR count). The Morgan fingerprint density at radius 3 is 2.57 bits per heavy atom. The Bertz CT molecular complexity index is 672. The van der Waals surface area contributed by atoms with E-state index in [1.54, 1.807) is 19.0 Å². The highest BCUT2D eigenvalue weighted by atomic mass is 32.2. The van der Waals surface area contributed by atoms with E-state index in [1.165, 1.54) is 5.56 Å². The van der Waals surface area contributed by atoms with Crippen LogP contribution in [0, 0.1) is 11.8 Å². The van der Waals surface area contributed by atoms with Gasteiger partial charge >= 0.3 is 0 Å². The van der Waals surface area contributed by atoms with Gasteiger partial charge < -0.3 is 4.90 Å². The zero-order chi connectivity index (χ0) is 16.6. The van der Waals surface area contributed by atoms with Crippen LogP contribution in [0.3, 0.4) is 0 Å². The quantitative estimate of drug-likeness (QED) is 0.827. The molecule has 5 nitrogen and oxygen atoms in total. The smallest absolute Gasteiger partial charge is 0.225 e. The molecule has 0 aliphatic carbocycles. The molecule has 2 fully saturated rings. The summed E-state index contributed by atoms with van der Waals surface area (Å²) in [5.74, 6) is -0.0412. The third-order valence-corrected chi connectivity index (χ3v) is 7.31. The fraction of sp³-hybridized carbons (Fsp3) is 0.588. The van der Waals surface area contributed by atoms with E-state index in [0.717, 1.165) is 6.54 Å². The summed E-state index contributed by atoms with van der Waals surface area (Å²) in [6, 6.07) is 10.1. The van der Waals surface area contributed by atoms with Crippen LogP contribution in [0.15, 0.2) is 30.3 Å². The molecule has 0 saturated carbocycles. The number of amides is 1. The van der Waals surface area contributed by atoms with Crippen LogP contribution in [0.5, 0.6) is 0 Å². The number of hydrogen-bond donors (Lipinski definition) is 0. The predicted molar refractivity (Wildman–Crippen MR) is 89.6 cm³/mol. The second-order valence-electron chi connectivity index (χ2n) is 6.88. The Hall–Kier alpha value is -1.40. The number of benzene rings is 1. The van der Waals surface area contributed by atoms with E-state index < -0.39 is 15.1 Å². The van der Waals surface area contributed by atoms with Crippen LogP contribution < -0.4 is 0 Å². The molecule has 3 atom stereocenters. The number of fused-ring (bicyclic) bond motifs is 1. The molecule has 0 bridgehead atoms. The summed E-state index contributed by atoms with van der Waals surface area (Å²) >= 11 is 0. The highest BCUT2D eigenvalue weighted by Crippen LogP contribution is 2.38. The summed E-state index contributed by atoms with van der Waals surface area (Å²) in [5, 5.41) is -0.395. The zero-order valence-corrected chi connectivity index (χ0v) is 14.5. The van der Waals surface area contributed by atoms with Crippen LogP contribution in [0.1, 0.15) is 12.0 Å². The first kappa shape index (κ1) is 16.5. The Kier molecular flexibility index (Phi) is 4.47. The van der Waals surface area contributed by atoms with Gasteiger partial charge in [-0.25, -0.2) is 8.42 Å². The molecule has 0 aromatic heterocycles. The average Bonchev–Trinajstić information content (AvgIpc) is 2.93. The molecule has 2 aliphatic heterocycles. The third-order valence-electron chi connectivity index (χ3n) is 5.08. The van der Waals surface area contributed by atoms with Gasteiger partial charge in [-0.05, 0) is 12.0 Å². The maximum Gasteiger partial charge on any atom is 0.225 e. The van der Waals surface area contributed by atoms with Crippen molar-refractivity contribution in [2.75, 3.05) is 32.9 Å². The molecular formula is C17H24N2O3S. The maximum atomic E-state index is 12.4. The monoisotopic (exact) mass is 336 g/mol. The molecular weight excluding hydrogens is 312 g/mol. The van der Waals surface area contributed by atoms with Crippen LogP contribution in [-0.2, 0) is 21.2 Å². The minimum absolute atomic E-state index is 0.0662. The van der Waals surface area contributed by atoms with E-state index in [1.807, 2.05) is 18.2 Å². The first-order chi connectivity index (χ1) is 10.9. The molecule has 1 aromatic rings. The van der Waals surface area contributed by atoms with Crippen molar-refractivity contribution in [3.8, 4) is 0 Å². The highest BCUT2D eigenvalue weighted by Gasteiger charge is 2.50. The van der Waals surface area contributed by atoms with Crippen LogP contribution >= 0.6 is 0 Å². The Morgan fingerprint density at radius 2 is 1.91 bits per heavy atom. The van der Waals surface area contributed by atoms with Crippen molar-refractivity contribution in [2.45, 2.75) is 18.2 Å². The topological polar surface area (TPSA) is 57.7 Å². The van der Waals surface area contributed by atoms with Gasteiger partial charge in [-0.3, -0.25) is 9.69 Å². The van der Waals surface area contributed by atoms with Crippen LogP contribution in [0.25, 0.3) is 0 Å². The van der Waals surface area contributed by atoms with Crippen molar-refractivity contribution in [2.24, 2.45) is 11.8 Å². The SMILES string of the molecule is CN(C)C(=O)[C@H]1CCS(=O)(=O)[C@@H]2CN(Cc3ccccc3)C[C@H]12. The van der Waals surface area contributed by atoms with Crippen LogP contribution in [-0.4, -0.2) is 62.3 Å². The number of carbonyl (C=O) groups is 1. The van der Waals surface area contributed by atoms with Crippen molar-refractivity contribution >= 4 is 15.7 Å². The molecule has 1 amide bonds. The second-order valence-corrected chi connectivity index (χ2v) is 9.22. The summed E-state index contributed by atoms with van der Waals surface area (Å²) in [7, 11) is 0.404. The van der Waals surface area contributed by atoms with E-state index in [-0.39, 0.29) is 23.5 Å². The summed E-state index contributed by atoms with van der Waals surface area (Å²) < 4.78 is 24.9. The van der Waals surface area contributed by atoms with Crippen LogP contribution in [0.2, 0.25) is 0 Å². The summed E-state index contributed by atoms with van der Waals surface area (Å²) in [6.45, 7) is 1.97. The van der Waals surface area contributed by atoms with E-state index in [2.05, 4.69) is 17.0 Å². The first-order valence-electron chi connectivity index (χ1n) is 8.07.